The first-order valence-electron chi connectivity index (χ1n) is 12.2. The molecule has 0 atom stereocenters. The second-order valence-corrected chi connectivity index (χ2v) is 9.41. The van der Waals surface area contributed by atoms with E-state index in [1.807, 2.05) is 0 Å². The van der Waals surface area contributed by atoms with E-state index in [2.05, 4.69) is 25.3 Å². The molecule has 2 aliphatic heterocycles. The van der Waals surface area contributed by atoms with Crippen molar-refractivity contribution >= 4 is 11.8 Å². The van der Waals surface area contributed by atoms with E-state index in [4.69, 9.17) is 4.74 Å². The van der Waals surface area contributed by atoms with E-state index in [1.54, 1.807) is 24.2 Å². The van der Waals surface area contributed by atoms with Crippen molar-refractivity contribution < 1.29 is 22.7 Å². The zero-order valence-electron chi connectivity index (χ0n) is 20.4. The highest BCUT2D eigenvalue weighted by Gasteiger charge is 2.44. The molecule has 1 amide bonds. The van der Waals surface area contributed by atoms with Crippen molar-refractivity contribution in [3.8, 4) is 11.5 Å². The summed E-state index contributed by atoms with van der Waals surface area (Å²) in [6.45, 7) is 2.44. The van der Waals surface area contributed by atoms with Gasteiger partial charge in [-0.05, 0) is 44.4 Å². The van der Waals surface area contributed by atoms with Crippen molar-refractivity contribution in [2.75, 3.05) is 32.0 Å². The summed E-state index contributed by atoms with van der Waals surface area (Å²) >= 11 is 0. The van der Waals surface area contributed by atoms with Crippen LogP contribution in [0.1, 0.15) is 36.8 Å². The minimum Gasteiger partial charge on any atom is -0.454 e. The molecule has 0 aliphatic carbocycles. The van der Waals surface area contributed by atoms with E-state index in [1.165, 1.54) is 29.5 Å². The molecule has 37 heavy (non-hydrogen) atoms. The fourth-order valence-electron chi connectivity index (χ4n) is 5.26. The summed E-state index contributed by atoms with van der Waals surface area (Å²) in [6.07, 6.45) is 4.85. The molecule has 2 fully saturated rings. The molecule has 0 unspecified atom stereocenters. The van der Waals surface area contributed by atoms with Gasteiger partial charge in [0.15, 0.2) is 5.75 Å². The third-order valence-corrected chi connectivity index (χ3v) is 7.27. The Morgan fingerprint density at radius 1 is 1.11 bits per heavy atom. The molecular weight excluding hydrogens is 487 g/mol. The van der Waals surface area contributed by atoms with Gasteiger partial charge in [0.2, 0.25) is 0 Å². The largest absolute Gasteiger partial charge is 0.454 e. The molecule has 9 nitrogen and oxygen atoms in total. The average Bonchev–Trinajstić information content (AvgIpc) is 3.53. The predicted molar refractivity (Wildman–Crippen MR) is 129 cm³/mol. The molecule has 5 rings (SSSR count). The van der Waals surface area contributed by atoms with Crippen LogP contribution in [0.15, 0.2) is 49.2 Å². The van der Waals surface area contributed by atoms with Gasteiger partial charge in [0.25, 0.3) is 0 Å². The van der Waals surface area contributed by atoms with E-state index in [0.29, 0.717) is 31.0 Å². The second kappa shape index (κ2) is 10.0. The van der Waals surface area contributed by atoms with Crippen LogP contribution in [-0.2, 0) is 12.7 Å². The van der Waals surface area contributed by atoms with Crippen LogP contribution in [0.25, 0.3) is 0 Å². The maximum absolute atomic E-state index is 13.4. The lowest BCUT2D eigenvalue weighted by Crippen LogP contribution is -2.53. The number of aromatic nitrogens is 4. The lowest BCUT2D eigenvalue weighted by Gasteiger charge is -2.45. The molecule has 4 heterocycles. The maximum atomic E-state index is 13.4. The lowest BCUT2D eigenvalue weighted by molar-refractivity contribution is -0.137. The number of benzene rings is 1. The smallest absolute Gasteiger partial charge is 0.416 e. The number of rotatable bonds is 5. The highest BCUT2D eigenvalue weighted by atomic mass is 19.4. The number of anilines is 1. The molecule has 0 radical (unpaired) electrons. The third-order valence-electron chi connectivity index (χ3n) is 7.27. The van der Waals surface area contributed by atoms with Crippen molar-refractivity contribution in [3.05, 3.63) is 60.3 Å². The summed E-state index contributed by atoms with van der Waals surface area (Å²) in [7, 11) is 1.75. The standard InChI is InChI=1S/C25H28F3N7O2/c1-29-22-5-10-35(32-22)23(36)33-11-7-24(8-12-33)6-2-9-34(24)16-18-3-4-19(25(26,27)28)13-21(18)37-20-14-30-17-31-15-20/h3-5,10,13-15,17H,2,6-9,11-12,16H2,1H3,(H,29,32). The average molecular weight is 516 g/mol. The summed E-state index contributed by atoms with van der Waals surface area (Å²) in [5.41, 5.74) is -0.230. The lowest BCUT2D eigenvalue weighted by atomic mass is 9.84. The zero-order chi connectivity index (χ0) is 26.0. The second-order valence-electron chi connectivity index (χ2n) is 9.41. The molecule has 3 aromatic rings. The van der Waals surface area contributed by atoms with Gasteiger partial charge in [0.05, 0.1) is 18.0 Å². The normalized spacial score (nSPS) is 17.8. The van der Waals surface area contributed by atoms with Gasteiger partial charge in [-0.3, -0.25) is 4.90 Å². The molecule has 0 saturated carbocycles. The monoisotopic (exact) mass is 515 g/mol. The van der Waals surface area contributed by atoms with Crippen molar-refractivity contribution in [2.24, 2.45) is 0 Å². The Hall–Kier alpha value is -3.67. The van der Waals surface area contributed by atoms with Gasteiger partial charge in [0.1, 0.15) is 17.9 Å². The maximum Gasteiger partial charge on any atom is 0.416 e. The van der Waals surface area contributed by atoms with E-state index in [9.17, 15) is 18.0 Å². The number of ether oxygens (including phenoxy) is 1. The molecule has 0 bridgehead atoms. The Kier molecular flexibility index (Phi) is 6.76. The topological polar surface area (TPSA) is 88.4 Å². The van der Waals surface area contributed by atoms with Crippen LogP contribution in [0, 0.1) is 0 Å². The van der Waals surface area contributed by atoms with Crippen LogP contribution in [0.3, 0.4) is 0 Å². The molecule has 12 heteroatoms. The van der Waals surface area contributed by atoms with Gasteiger partial charge in [-0.15, -0.1) is 5.10 Å². The number of carbonyl (C=O) groups excluding carboxylic acids is 1. The van der Waals surface area contributed by atoms with Gasteiger partial charge >= 0.3 is 12.2 Å². The molecular formula is C25H28F3N7O2. The molecule has 1 N–H and O–H groups in total. The van der Waals surface area contributed by atoms with Crippen LogP contribution in [0.4, 0.5) is 23.8 Å². The van der Waals surface area contributed by atoms with E-state index in [-0.39, 0.29) is 23.1 Å². The molecule has 2 saturated heterocycles. The van der Waals surface area contributed by atoms with Crippen molar-refractivity contribution in [1.82, 2.24) is 29.5 Å². The first-order valence-corrected chi connectivity index (χ1v) is 12.2. The number of piperidine rings is 1. The van der Waals surface area contributed by atoms with Gasteiger partial charge in [-0.2, -0.15) is 17.9 Å². The first kappa shape index (κ1) is 25.0. The van der Waals surface area contributed by atoms with Gasteiger partial charge < -0.3 is 15.0 Å². The number of likely N-dealkylation sites (tertiary alicyclic amines) is 2. The number of hydrogen-bond acceptors (Lipinski definition) is 7. The first-order chi connectivity index (χ1) is 17.8. The van der Waals surface area contributed by atoms with Crippen molar-refractivity contribution in [2.45, 2.75) is 43.9 Å². The fraction of sp³-hybridized carbons (Fsp3) is 0.440. The van der Waals surface area contributed by atoms with Gasteiger partial charge in [0, 0.05) is 50.0 Å². The number of carbonyl (C=O) groups is 1. The molecule has 1 aromatic carbocycles. The fourth-order valence-corrected chi connectivity index (χ4v) is 5.26. The Morgan fingerprint density at radius 3 is 2.54 bits per heavy atom. The van der Waals surface area contributed by atoms with Gasteiger partial charge in [-0.1, -0.05) is 6.07 Å². The predicted octanol–water partition coefficient (Wildman–Crippen LogP) is 4.62. The van der Waals surface area contributed by atoms with Gasteiger partial charge in [-0.25, -0.2) is 14.8 Å². The summed E-state index contributed by atoms with van der Waals surface area (Å²) in [6, 6.07) is 5.20. The van der Waals surface area contributed by atoms with Crippen LogP contribution >= 0.6 is 0 Å². The zero-order valence-corrected chi connectivity index (χ0v) is 20.4. The Morgan fingerprint density at radius 2 is 1.86 bits per heavy atom. The van der Waals surface area contributed by atoms with E-state index in [0.717, 1.165) is 44.4 Å². The minimum absolute atomic E-state index is 0.118. The van der Waals surface area contributed by atoms with Crippen LogP contribution in [0.2, 0.25) is 0 Å². The Balaban J connectivity index is 1.32. The summed E-state index contributed by atoms with van der Waals surface area (Å²) < 4.78 is 47.5. The van der Waals surface area contributed by atoms with E-state index >= 15 is 0 Å². The highest BCUT2D eigenvalue weighted by molar-refractivity contribution is 5.76. The SMILES string of the molecule is CNc1ccn(C(=O)N2CCC3(CCCN3Cc3ccc(C(F)(F)F)cc3Oc3cncnc3)CC2)n1. The number of nitrogens with zero attached hydrogens (tertiary/aromatic N) is 6. The summed E-state index contributed by atoms with van der Waals surface area (Å²) in [5, 5.41) is 7.15. The number of halogens is 3. The molecule has 1 spiro atoms. The molecule has 2 aliphatic rings. The van der Waals surface area contributed by atoms with E-state index < -0.39 is 11.7 Å². The highest BCUT2D eigenvalue weighted by Crippen LogP contribution is 2.41. The van der Waals surface area contributed by atoms with Crippen molar-refractivity contribution in [1.29, 1.82) is 0 Å². The van der Waals surface area contributed by atoms with Crippen LogP contribution in [-0.4, -0.2) is 67.8 Å². The minimum atomic E-state index is -4.49. The Labute approximate surface area is 212 Å². The molecule has 2 aromatic heterocycles. The quantitative estimate of drug-likeness (QED) is 0.530. The number of amides is 1. The van der Waals surface area contributed by atoms with Crippen molar-refractivity contribution in [3.63, 3.8) is 0 Å². The number of hydrogen-bond donors (Lipinski definition) is 1. The summed E-state index contributed by atoms with van der Waals surface area (Å²) in [4.78, 5) is 24.8. The molecule has 196 valence electrons. The number of alkyl halides is 3. The third kappa shape index (κ3) is 5.24. The summed E-state index contributed by atoms with van der Waals surface area (Å²) in [5.74, 6) is 1.03. The van der Waals surface area contributed by atoms with Crippen LogP contribution < -0.4 is 10.1 Å². The number of nitrogens with one attached hydrogen (secondary N) is 1. The van der Waals surface area contributed by atoms with Crippen LogP contribution in [0.5, 0.6) is 11.5 Å². The Bertz CT molecular complexity index is 1240.